The molecule has 0 saturated heterocycles. The number of para-hydroxylation sites is 1. The van der Waals surface area contributed by atoms with E-state index in [0.29, 0.717) is 0 Å². The molecule has 0 unspecified atom stereocenters. The molecule has 0 fully saturated rings. The second-order valence-corrected chi connectivity index (χ2v) is 6.81. The Morgan fingerprint density at radius 3 is 3.00 bits per heavy atom. The van der Waals surface area contributed by atoms with Crippen molar-refractivity contribution in [2.45, 2.75) is 5.09 Å². The molecule has 22 heavy (non-hydrogen) atoms. The van der Waals surface area contributed by atoms with Crippen molar-refractivity contribution >= 4 is 39.9 Å². The molecule has 0 atom stereocenters. The monoisotopic (exact) mass is 327 g/mol. The average molecular weight is 327 g/mol. The number of fused-ring (bicyclic) bond motifs is 1. The molecule has 1 aromatic carbocycles. The van der Waals surface area contributed by atoms with E-state index in [-0.39, 0.29) is 0 Å². The molecule has 0 bridgehead atoms. The number of nitrogens with one attached hydrogen (secondary N) is 1. The van der Waals surface area contributed by atoms with Gasteiger partial charge in [0.1, 0.15) is 5.01 Å². The Hall–Kier alpha value is -2.18. The maximum Gasteiger partial charge on any atom is 0.180 e. The summed E-state index contributed by atoms with van der Waals surface area (Å²) in [5.41, 5.74) is 3.27. The lowest BCUT2D eigenvalue weighted by Gasteiger charge is -2.17. The number of thiazole rings is 1. The maximum absolute atomic E-state index is 5.40. The lowest BCUT2D eigenvalue weighted by Crippen LogP contribution is -2.06. The number of aromatic nitrogens is 2. The molecule has 3 heterocycles. The number of anilines is 1. The van der Waals surface area contributed by atoms with Crippen LogP contribution in [0.2, 0.25) is 0 Å². The van der Waals surface area contributed by atoms with Gasteiger partial charge in [-0.2, -0.15) is 0 Å². The van der Waals surface area contributed by atoms with E-state index in [9.17, 15) is 0 Å². The molecule has 0 saturated carbocycles. The van der Waals surface area contributed by atoms with E-state index in [1.54, 1.807) is 29.5 Å². The third-order valence-electron chi connectivity index (χ3n) is 3.36. The number of aromatic amines is 1. The lowest BCUT2D eigenvalue weighted by atomic mass is 10.2. The highest BCUT2D eigenvalue weighted by Gasteiger charge is 2.13. The van der Waals surface area contributed by atoms with Crippen LogP contribution in [0.25, 0.3) is 21.6 Å². The van der Waals surface area contributed by atoms with Crippen LogP contribution in [0.4, 0.5) is 5.69 Å². The minimum absolute atomic E-state index is 0.867. The van der Waals surface area contributed by atoms with Crippen molar-refractivity contribution in [1.82, 2.24) is 9.97 Å². The topological polar surface area (TPSA) is 45.1 Å². The zero-order valence-electron chi connectivity index (χ0n) is 11.8. The molecule has 6 heteroatoms. The zero-order valence-corrected chi connectivity index (χ0v) is 13.4. The summed E-state index contributed by atoms with van der Waals surface area (Å²) in [6.45, 7) is 0. The standard InChI is InChI=1S/C16H13N3OS2/c1-19(22-14-6-3-8-20-14)13-5-2-4-11-10-12(18-15(11)13)16-17-7-9-21-16/h2-10,18H,1H3. The van der Waals surface area contributed by atoms with Gasteiger partial charge >= 0.3 is 0 Å². The van der Waals surface area contributed by atoms with Crippen LogP contribution in [0.5, 0.6) is 0 Å². The Morgan fingerprint density at radius 1 is 1.27 bits per heavy atom. The number of hydrogen-bond donors (Lipinski definition) is 1. The van der Waals surface area contributed by atoms with Gasteiger partial charge in [0, 0.05) is 36.0 Å². The van der Waals surface area contributed by atoms with Crippen molar-refractivity contribution in [3.05, 3.63) is 54.2 Å². The highest BCUT2D eigenvalue weighted by atomic mass is 32.2. The van der Waals surface area contributed by atoms with Crippen LogP contribution in [0.15, 0.2) is 63.7 Å². The number of benzene rings is 1. The maximum atomic E-state index is 5.40. The molecular weight excluding hydrogens is 314 g/mol. The Balaban J connectivity index is 1.74. The van der Waals surface area contributed by atoms with Gasteiger partial charge in [0.15, 0.2) is 5.09 Å². The Bertz CT molecular complexity index is 882. The van der Waals surface area contributed by atoms with Crippen molar-refractivity contribution in [3.63, 3.8) is 0 Å². The molecule has 3 aromatic heterocycles. The van der Waals surface area contributed by atoms with Gasteiger partial charge in [0.25, 0.3) is 0 Å². The third-order valence-corrected chi connectivity index (χ3v) is 5.05. The number of furan rings is 1. The van der Waals surface area contributed by atoms with E-state index in [4.69, 9.17) is 4.42 Å². The number of hydrogen-bond acceptors (Lipinski definition) is 5. The van der Waals surface area contributed by atoms with Crippen LogP contribution < -0.4 is 4.31 Å². The average Bonchev–Trinajstić information content (AvgIpc) is 3.26. The first-order valence-electron chi connectivity index (χ1n) is 6.78. The molecular formula is C16H13N3OS2. The predicted molar refractivity (Wildman–Crippen MR) is 92.4 cm³/mol. The van der Waals surface area contributed by atoms with Gasteiger partial charge in [-0.1, -0.05) is 12.1 Å². The normalized spacial score (nSPS) is 11.1. The highest BCUT2D eigenvalue weighted by Crippen LogP contribution is 2.35. The summed E-state index contributed by atoms with van der Waals surface area (Å²) in [7, 11) is 2.03. The van der Waals surface area contributed by atoms with E-state index in [1.165, 1.54) is 5.39 Å². The SMILES string of the molecule is CN(Sc1ccco1)c1cccc2cc(-c3nccs3)[nH]c12. The van der Waals surface area contributed by atoms with Crippen molar-refractivity contribution in [2.24, 2.45) is 0 Å². The minimum atomic E-state index is 0.867. The molecule has 4 nitrogen and oxygen atoms in total. The van der Waals surface area contributed by atoms with Gasteiger partial charge in [0.2, 0.25) is 0 Å². The van der Waals surface area contributed by atoms with E-state index in [2.05, 4.69) is 38.5 Å². The predicted octanol–water partition coefficient (Wildman–Crippen LogP) is 5.03. The van der Waals surface area contributed by atoms with Crippen LogP contribution in [-0.4, -0.2) is 17.0 Å². The van der Waals surface area contributed by atoms with E-state index >= 15 is 0 Å². The van der Waals surface area contributed by atoms with Gasteiger partial charge in [0.05, 0.1) is 23.2 Å². The summed E-state index contributed by atoms with van der Waals surface area (Å²) in [4.78, 5) is 7.86. The zero-order chi connectivity index (χ0) is 14.9. The van der Waals surface area contributed by atoms with Gasteiger partial charge in [-0.15, -0.1) is 11.3 Å². The van der Waals surface area contributed by atoms with E-state index < -0.39 is 0 Å². The Morgan fingerprint density at radius 2 is 2.23 bits per heavy atom. The van der Waals surface area contributed by atoms with Crippen LogP contribution in [-0.2, 0) is 0 Å². The fourth-order valence-electron chi connectivity index (χ4n) is 2.37. The van der Waals surface area contributed by atoms with Gasteiger partial charge in [-0.3, -0.25) is 0 Å². The first-order valence-corrected chi connectivity index (χ1v) is 8.43. The number of H-pyrrole nitrogens is 1. The van der Waals surface area contributed by atoms with Crippen LogP contribution in [0.3, 0.4) is 0 Å². The molecule has 0 radical (unpaired) electrons. The molecule has 4 aromatic rings. The smallest absolute Gasteiger partial charge is 0.180 e. The summed E-state index contributed by atoms with van der Waals surface area (Å²) in [6.07, 6.45) is 3.51. The summed E-state index contributed by atoms with van der Waals surface area (Å²) in [6, 6.07) is 12.3. The van der Waals surface area contributed by atoms with Crippen molar-refractivity contribution in [2.75, 3.05) is 11.4 Å². The van der Waals surface area contributed by atoms with Crippen LogP contribution in [0.1, 0.15) is 0 Å². The molecule has 0 aliphatic rings. The minimum Gasteiger partial charge on any atom is -0.456 e. The van der Waals surface area contributed by atoms with Gasteiger partial charge in [-0.05, 0) is 24.3 Å². The number of rotatable bonds is 4. The molecule has 110 valence electrons. The fourth-order valence-corrected chi connectivity index (χ4v) is 3.74. The van der Waals surface area contributed by atoms with Crippen molar-refractivity contribution in [3.8, 4) is 10.7 Å². The first kappa shape index (κ1) is 13.5. The van der Waals surface area contributed by atoms with Gasteiger partial charge < -0.3 is 13.7 Å². The summed E-state index contributed by atoms with van der Waals surface area (Å²) in [5, 5.41) is 5.03. The van der Waals surface area contributed by atoms with E-state index in [0.717, 1.165) is 27.0 Å². The van der Waals surface area contributed by atoms with Crippen molar-refractivity contribution in [1.29, 1.82) is 0 Å². The third kappa shape index (κ3) is 2.40. The Labute approximate surface area is 135 Å². The first-order chi connectivity index (χ1) is 10.8. The second kappa shape index (κ2) is 5.55. The summed E-state index contributed by atoms with van der Waals surface area (Å²) < 4.78 is 7.51. The fraction of sp³-hybridized carbons (Fsp3) is 0.0625. The molecule has 0 spiro atoms. The Kier molecular flexibility index (Phi) is 3.40. The molecule has 1 N–H and O–H groups in total. The summed E-state index contributed by atoms with van der Waals surface area (Å²) in [5.74, 6) is 0. The van der Waals surface area contributed by atoms with Gasteiger partial charge in [-0.25, -0.2) is 4.98 Å². The largest absolute Gasteiger partial charge is 0.456 e. The van der Waals surface area contributed by atoms with Crippen LogP contribution in [0, 0.1) is 0 Å². The molecule has 0 amide bonds. The van der Waals surface area contributed by atoms with Crippen LogP contribution >= 0.6 is 23.3 Å². The summed E-state index contributed by atoms with van der Waals surface area (Å²) >= 11 is 3.19. The lowest BCUT2D eigenvalue weighted by molar-refractivity contribution is 0.474. The highest BCUT2D eigenvalue weighted by molar-refractivity contribution is 8.00. The van der Waals surface area contributed by atoms with Crippen molar-refractivity contribution < 1.29 is 4.42 Å². The quantitative estimate of drug-likeness (QED) is 0.534. The second-order valence-electron chi connectivity index (χ2n) is 4.78. The molecule has 4 rings (SSSR count). The molecule has 0 aliphatic carbocycles. The number of nitrogens with zero attached hydrogens (tertiary/aromatic N) is 2. The molecule has 0 aliphatic heterocycles. The van der Waals surface area contributed by atoms with E-state index in [1.807, 2.05) is 30.8 Å².